The van der Waals surface area contributed by atoms with Gasteiger partial charge in [0.15, 0.2) is 16.6 Å². The number of carbonyl (C=O) groups is 2. The van der Waals surface area contributed by atoms with E-state index in [1.165, 1.54) is 18.3 Å². The largest absolute Gasteiger partial charge is 0.395 e. The number of Topliss-reactive ketones (excluding diaryl/α,β-unsaturated/α-hetero) is 1. The number of nitrogen functional groups attached to an aromatic ring is 1. The molecule has 0 aliphatic rings. The van der Waals surface area contributed by atoms with Crippen molar-refractivity contribution in [1.82, 2.24) is 15.2 Å². The Balaban J connectivity index is 2.13. The van der Waals surface area contributed by atoms with Gasteiger partial charge in [0.2, 0.25) is 0 Å². The SMILES string of the molecule is CCCc1[nH]nc(C(=O)Nc2nc(C(C)=O)cs2)c1N. The normalized spacial score (nSPS) is 10.5. The molecule has 1 amide bonds. The second-order valence-corrected chi connectivity index (χ2v) is 5.12. The van der Waals surface area contributed by atoms with Crippen LogP contribution < -0.4 is 11.1 Å². The molecule has 2 aromatic heterocycles. The van der Waals surface area contributed by atoms with Gasteiger partial charge in [-0.05, 0) is 6.42 Å². The Bertz CT molecular complexity index is 646. The number of carbonyl (C=O) groups excluding carboxylic acids is 2. The Hall–Kier alpha value is -2.22. The smallest absolute Gasteiger partial charge is 0.280 e. The third-order valence-corrected chi connectivity index (χ3v) is 3.44. The van der Waals surface area contributed by atoms with Gasteiger partial charge in [-0.3, -0.25) is 20.0 Å². The molecule has 0 aliphatic carbocycles. The van der Waals surface area contributed by atoms with Crippen molar-refractivity contribution in [3.05, 3.63) is 22.5 Å². The minimum absolute atomic E-state index is 0.146. The topological polar surface area (TPSA) is 114 Å². The zero-order valence-corrected chi connectivity index (χ0v) is 12.0. The predicted octanol–water partition coefficient (Wildman–Crippen LogP) is 1.86. The second kappa shape index (κ2) is 5.83. The highest BCUT2D eigenvalue weighted by molar-refractivity contribution is 7.14. The van der Waals surface area contributed by atoms with Gasteiger partial charge in [0.1, 0.15) is 5.69 Å². The monoisotopic (exact) mass is 293 g/mol. The van der Waals surface area contributed by atoms with Crippen LogP contribution in [0.4, 0.5) is 10.8 Å². The number of rotatable bonds is 5. The van der Waals surface area contributed by atoms with Gasteiger partial charge in [-0.2, -0.15) is 5.10 Å². The van der Waals surface area contributed by atoms with Gasteiger partial charge in [0, 0.05) is 12.3 Å². The molecule has 0 aromatic carbocycles. The van der Waals surface area contributed by atoms with E-state index in [0.29, 0.717) is 16.5 Å². The molecule has 0 saturated heterocycles. The summed E-state index contributed by atoms with van der Waals surface area (Å²) in [5, 5.41) is 11.2. The van der Waals surface area contributed by atoms with Crippen molar-refractivity contribution >= 4 is 33.8 Å². The van der Waals surface area contributed by atoms with Gasteiger partial charge < -0.3 is 5.73 Å². The van der Waals surface area contributed by atoms with Gasteiger partial charge >= 0.3 is 0 Å². The molecule has 0 atom stereocenters. The summed E-state index contributed by atoms with van der Waals surface area (Å²) in [5.74, 6) is -0.586. The van der Waals surface area contributed by atoms with Crippen LogP contribution in [0.3, 0.4) is 0 Å². The maximum atomic E-state index is 12.0. The summed E-state index contributed by atoms with van der Waals surface area (Å²) in [5.41, 5.74) is 7.45. The van der Waals surface area contributed by atoms with Crippen molar-refractivity contribution in [3.63, 3.8) is 0 Å². The second-order valence-electron chi connectivity index (χ2n) is 4.26. The molecule has 0 aliphatic heterocycles. The third-order valence-electron chi connectivity index (χ3n) is 2.68. The highest BCUT2D eigenvalue weighted by atomic mass is 32.1. The van der Waals surface area contributed by atoms with Crippen LogP contribution in [0.25, 0.3) is 0 Å². The summed E-state index contributed by atoms with van der Waals surface area (Å²) in [6, 6.07) is 0. The van der Waals surface area contributed by atoms with E-state index >= 15 is 0 Å². The minimum Gasteiger partial charge on any atom is -0.395 e. The first-order valence-electron chi connectivity index (χ1n) is 6.13. The van der Waals surface area contributed by atoms with Gasteiger partial charge in [-0.15, -0.1) is 11.3 Å². The molecule has 0 spiro atoms. The lowest BCUT2D eigenvalue weighted by Crippen LogP contribution is -2.14. The average molecular weight is 293 g/mol. The lowest BCUT2D eigenvalue weighted by atomic mass is 10.2. The van der Waals surface area contributed by atoms with Crippen LogP contribution in [0, 0.1) is 0 Å². The number of nitrogens with zero attached hydrogens (tertiary/aromatic N) is 2. The Labute approximate surface area is 119 Å². The maximum absolute atomic E-state index is 12.0. The highest BCUT2D eigenvalue weighted by Gasteiger charge is 2.18. The molecule has 106 valence electrons. The zero-order chi connectivity index (χ0) is 14.7. The van der Waals surface area contributed by atoms with E-state index in [1.807, 2.05) is 6.92 Å². The molecule has 4 N–H and O–H groups in total. The van der Waals surface area contributed by atoms with Crippen LogP contribution in [0.15, 0.2) is 5.38 Å². The number of hydrogen-bond donors (Lipinski definition) is 3. The van der Waals surface area contributed by atoms with E-state index in [1.54, 1.807) is 5.38 Å². The first-order chi connectivity index (χ1) is 9.52. The van der Waals surface area contributed by atoms with Crippen molar-refractivity contribution in [2.24, 2.45) is 0 Å². The summed E-state index contributed by atoms with van der Waals surface area (Å²) in [6.07, 6.45) is 1.64. The zero-order valence-electron chi connectivity index (χ0n) is 11.2. The molecule has 2 heterocycles. The molecule has 2 rings (SSSR count). The van der Waals surface area contributed by atoms with E-state index in [9.17, 15) is 9.59 Å². The number of anilines is 2. The number of aromatic nitrogens is 3. The maximum Gasteiger partial charge on any atom is 0.280 e. The Kier molecular flexibility index (Phi) is 4.14. The predicted molar refractivity (Wildman–Crippen MR) is 77.1 cm³/mol. The van der Waals surface area contributed by atoms with Crippen molar-refractivity contribution in [3.8, 4) is 0 Å². The summed E-state index contributed by atoms with van der Waals surface area (Å²) < 4.78 is 0. The van der Waals surface area contributed by atoms with Gasteiger partial charge in [0.05, 0.1) is 11.4 Å². The number of aromatic amines is 1. The van der Waals surface area contributed by atoms with Crippen LogP contribution in [-0.2, 0) is 6.42 Å². The van der Waals surface area contributed by atoms with Gasteiger partial charge in [-0.1, -0.05) is 13.3 Å². The molecule has 8 heteroatoms. The highest BCUT2D eigenvalue weighted by Crippen LogP contribution is 2.20. The molecular weight excluding hydrogens is 278 g/mol. The van der Waals surface area contributed by atoms with Gasteiger partial charge in [0.25, 0.3) is 5.91 Å². The van der Waals surface area contributed by atoms with Crippen LogP contribution in [0.1, 0.15) is 46.9 Å². The number of ketones is 1. The number of aryl methyl sites for hydroxylation is 1. The number of H-pyrrole nitrogens is 1. The van der Waals surface area contributed by atoms with Crippen LogP contribution >= 0.6 is 11.3 Å². The van der Waals surface area contributed by atoms with E-state index in [-0.39, 0.29) is 11.5 Å². The van der Waals surface area contributed by atoms with Crippen LogP contribution in [0.5, 0.6) is 0 Å². The molecule has 0 fully saturated rings. The molecule has 7 nitrogen and oxygen atoms in total. The van der Waals surface area contributed by atoms with Crippen LogP contribution in [0.2, 0.25) is 0 Å². The van der Waals surface area contributed by atoms with Crippen molar-refractivity contribution < 1.29 is 9.59 Å². The fourth-order valence-corrected chi connectivity index (χ4v) is 2.39. The minimum atomic E-state index is -0.439. The molecule has 0 radical (unpaired) electrons. The number of hydrogen-bond acceptors (Lipinski definition) is 6. The summed E-state index contributed by atoms with van der Waals surface area (Å²) >= 11 is 1.18. The number of nitrogens with one attached hydrogen (secondary N) is 2. The lowest BCUT2D eigenvalue weighted by Gasteiger charge is -2.00. The quantitative estimate of drug-likeness (QED) is 0.728. The average Bonchev–Trinajstić information content (AvgIpc) is 2.98. The fourth-order valence-electron chi connectivity index (χ4n) is 1.65. The Morgan fingerprint density at radius 3 is 2.85 bits per heavy atom. The third kappa shape index (κ3) is 2.85. The Morgan fingerprint density at radius 2 is 2.25 bits per heavy atom. The van der Waals surface area contributed by atoms with Crippen LogP contribution in [-0.4, -0.2) is 26.9 Å². The fraction of sp³-hybridized carbons (Fsp3) is 0.333. The Morgan fingerprint density at radius 1 is 1.50 bits per heavy atom. The van der Waals surface area contributed by atoms with E-state index < -0.39 is 5.91 Å². The summed E-state index contributed by atoms with van der Waals surface area (Å²) in [6.45, 7) is 3.43. The summed E-state index contributed by atoms with van der Waals surface area (Å²) in [7, 11) is 0. The molecule has 0 unspecified atom stereocenters. The molecule has 0 saturated carbocycles. The first kappa shape index (κ1) is 14.2. The van der Waals surface area contributed by atoms with Gasteiger partial charge in [-0.25, -0.2) is 4.98 Å². The van der Waals surface area contributed by atoms with E-state index in [0.717, 1.165) is 18.5 Å². The van der Waals surface area contributed by atoms with Crippen molar-refractivity contribution in [2.45, 2.75) is 26.7 Å². The number of thiazole rings is 1. The first-order valence-corrected chi connectivity index (χ1v) is 7.01. The lowest BCUT2D eigenvalue weighted by molar-refractivity contribution is 0.100. The van der Waals surface area contributed by atoms with E-state index in [2.05, 4.69) is 20.5 Å². The summed E-state index contributed by atoms with van der Waals surface area (Å²) in [4.78, 5) is 27.2. The molecule has 2 aromatic rings. The number of nitrogens with two attached hydrogens (primary N) is 1. The number of amides is 1. The van der Waals surface area contributed by atoms with Crippen molar-refractivity contribution in [1.29, 1.82) is 0 Å². The molecule has 0 bridgehead atoms. The standard InChI is InChI=1S/C12H15N5O2S/c1-3-4-7-9(13)10(17-16-7)11(19)15-12-14-8(5-20-12)6(2)18/h5H,3-4,13H2,1-2H3,(H,16,17)(H,14,15,19). The molecule has 20 heavy (non-hydrogen) atoms. The van der Waals surface area contributed by atoms with Crippen molar-refractivity contribution in [2.75, 3.05) is 11.1 Å². The molecular formula is C12H15N5O2S. The van der Waals surface area contributed by atoms with E-state index in [4.69, 9.17) is 5.73 Å².